The van der Waals surface area contributed by atoms with Gasteiger partial charge in [-0.3, -0.25) is 14.4 Å². The number of carbonyl (C=O) groups excluding carboxylic acids is 3. The normalized spacial score (nSPS) is 29.4. The van der Waals surface area contributed by atoms with E-state index in [-0.39, 0.29) is 30.3 Å². The summed E-state index contributed by atoms with van der Waals surface area (Å²) in [7, 11) is 0. The SMILES string of the molecule is CC[C@H](C)c1ccc(C(=O)COC(=O)CNC(=O)CC23CC4CC(CC(C4)C2)C3)cc1. The maximum Gasteiger partial charge on any atom is 0.325 e. The van der Waals surface area contributed by atoms with Gasteiger partial charge in [0, 0.05) is 12.0 Å². The monoisotopic (exact) mass is 425 g/mol. The third-order valence-corrected chi connectivity index (χ3v) is 7.91. The fourth-order valence-corrected chi connectivity index (χ4v) is 6.59. The van der Waals surface area contributed by atoms with Gasteiger partial charge in [-0.15, -0.1) is 0 Å². The third kappa shape index (κ3) is 5.19. The van der Waals surface area contributed by atoms with Gasteiger partial charge < -0.3 is 10.1 Å². The van der Waals surface area contributed by atoms with E-state index < -0.39 is 5.97 Å². The largest absolute Gasteiger partial charge is 0.456 e. The van der Waals surface area contributed by atoms with Crippen LogP contribution >= 0.6 is 0 Å². The Labute approximate surface area is 185 Å². The van der Waals surface area contributed by atoms with Crippen LogP contribution in [0.3, 0.4) is 0 Å². The van der Waals surface area contributed by atoms with Crippen molar-refractivity contribution in [3.05, 3.63) is 35.4 Å². The van der Waals surface area contributed by atoms with Crippen molar-refractivity contribution in [2.24, 2.45) is 23.2 Å². The summed E-state index contributed by atoms with van der Waals surface area (Å²) in [5, 5.41) is 2.72. The van der Waals surface area contributed by atoms with Crippen molar-refractivity contribution in [1.29, 1.82) is 0 Å². The first kappa shape index (κ1) is 22.0. The number of hydrogen-bond donors (Lipinski definition) is 1. The van der Waals surface area contributed by atoms with Gasteiger partial charge >= 0.3 is 5.97 Å². The van der Waals surface area contributed by atoms with Crippen LogP contribution in [0.4, 0.5) is 0 Å². The zero-order valence-electron chi connectivity index (χ0n) is 18.8. The molecule has 4 aliphatic carbocycles. The van der Waals surface area contributed by atoms with Crippen molar-refractivity contribution in [2.75, 3.05) is 13.2 Å². The van der Waals surface area contributed by atoms with E-state index in [1.807, 2.05) is 12.1 Å². The van der Waals surface area contributed by atoms with E-state index in [2.05, 4.69) is 19.2 Å². The summed E-state index contributed by atoms with van der Waals surface area (Å²) in [4.78, 5) is 36.8. The quantitative estimate of drug-likeness (QED) is 0.462. The van der Waals surface area contributed by atoms with Gasteiger partial charge in [-0.2, -0.15) is 0 Å². The highest BCUT2D eigenvalue weighted by Crippen LogP contribution is 2.61. The second-order valence-corrected chi connectivity index (χ2v) is 10.4. The molecule has 0 aromatic heterocycles. The standard InChI is InChI=1S/C26H35NO4/c1-3-17(2)21-4-6-22(7-5-21)23(28)16-31-25(30)15-27-24(29)14-26-11-18-8-19(12-26)10-20(9-18)13-26/h4-7,17-20H,3,8-16H2,1-2H3,(H,27,29)/t17-,18?,19?,20?,26?/m0/s1. The number of benzene rings is 1. The van der Waals surface area contributed by atoms with Crippen molar-refractivity contribution >= 4 is 17.7 Å². The van der Waals surface area contributed by atoms with E-state index in [0.717, 1.165) is 24.2 Å². The topological polar surface area (TPSA) is 72.5 Å². The molecule has 0 saturated heterocycles. The summed E-state index contributed by atoms with van der Waals surface area (Å²) in [5.41, 5.74) is 1.88. The van der Waals surface area contributed by atoms with E-state index in [0.29, 0.717) is 17.9 Å². The fourth-order valence-electron chi connectivity index (χ4n) is 6.59. The van der Waals surface area contributed by atoms with E-state index in [4.69, 9.17) is 4.74 Å². The Balaban J connectivity index is 1.19. The van der Waals surface area contributed by atoms with E-state index in [1.54, 1.807) is 12.1 Å². The van der Waals surface area contributed by atoms with Gasteiger partial charge in [0.25, 0.3) is 0 Å². The zero-order chi connectivity index (χ0) is 22.0. The minimum absolute atomic E-state index is 0.0640. The number of carbonyl (C=O) groups is 3. The van der Waals surface area contributed by atoms with E-state index >= 15 is 0 Å². The average molecular weight is 426 g/mol. The van der Waals surface area contributed by atoms with E-state index in [9.17, 15) is 14.4 Å². The Morgan fingerprint density at radius 1 is 1.03 bits per heavy atom. The molecule has 1 atom stereocenters. The van der Waals surface area contributed by atoms with Crippen LogP contribution in [0.25, 0.3) is 0 Å². The summed E-state index contributed by atoms with van der Waals surface area (Å²) in [6.45, 7) is 3.80. The molecule has 5 heteroatoms. The van der Waals surface area contributed by atoms with Crippen molar-refractivity contribution in [3.8, 4) is 0 Å². The predicted octanol–water partition coefficient (Wildman–Crippen LogP) is 4.65. The highest BCUT2D eigenvalue weighted by Gasteiger charge is 2.51. The van der Waals surface area contributed by atoms with Gasteiger partial charge in [-0.1, -0.05) is 38.1 Å². The molecule has 5 rings (SSSR count). The molecule has 1 N–H and O–H groups in total. The van der Waals surface area contributed by atoms with Crippen LogP contribution in [-0.2, 0) is 14.3 Å². The van der Waals surface area contributed by atoms with Crippen LogP contribution < -0.4 is 5.32 Å². The minimum atomic E-state index is -0.566. The molecule has 0 unspecified atom stereocenters. The molecule has 0 radical (unpaired) electrons. The Hall–Kier alpha value is -2.17. The predicted molar refractivity (Wildman–Crippen MR) is 119 cm³/mol. The molecule has 0 spiro atoms. The van der Waals surface area contributed by atoms with Gasteiger partial charge in [0.05, 0.1) is 0 Å². The maximum atomic E-state index is 12.5. The lowest BCUT2D eigenvalue weighted by Crippen LogP contribution is -2.48. The lowest BCUT2D eigenvalue weighted by Gasteiger charge is -2.56. The second kappa shape index (κ2) is 9.13. The van der Waals surface area contributed by atoms with Gasteiger partial charge in [0.1, 0.15) is 6.54 Å². The number of Topliss-reactive ketones (excluding diaryl/α,β-unsaturated/α-hetero) is 1. The lowest BCUT2D eigenvalue weighted by atomic mass is 9.49. The average Bonchev–Trinajstić information content (AvgIpc) is 2.74. The third-order valence-electron chi connectivity index (χ3n) is 7.91. The molecule has 31 heavy (non-hydrogen) atoms. The van der Waals surface area contributed by atoms with Crippen molar-refractivity contribution in [1.82, 2.24) is 5.32 Å². The number of ketones is 1. The highest BCUT2D eigenvalue weighted by molar-refractivity contribution is 5.98. The molecule has 168 valence electrons. The molecule has 4 bridgehead atoms. The second-order valence-electron chi connectivity index (χ2n) is 10.4. The van der Waals surface area contributed by atoms with Crippen LogP contribution in [0, 0.1) is 23.2 Å². The number of rotatable bonds is 9. The first-order valence-electron chi connectivity index (χ1n) is 11.9. The number of nitrogens with one attached hydrogen (secondary N) is 1. The number of esters is 1. The Morgan fingerprint density at radius 3 is 2.16 bits per heavy atom. The molecule has 4 saturated carbocycles. The first-order chi connectivity index (χ1) is 14.9. The number of ether oxygens (including phenoxy) is 1. The Morgan fingerprint density at radius 2 is 1.61 bits per heavy atom. The van der Waals surface area contributed by atoms with Crippen LogP contribution in [0.5, 0.6) is 0 Å². The molecule has 4 aliphatic rings. The van der Waals surface area contributed by atoms with Crippen LogP contribution in [0.15, 0.2) is 24.3 Å². The summed E-state index contributed by atoms with van der Waals surface area (Å²) in [5.74, 6) is 1.99. The molecular formula is C26H35NO4. The highest BCUT2D eigenvalue weighted by atomic mass is 16.5. The van der Waals surface area contributed by atoms with Crippen LogP contribution in [0.1, 0.15) is 87.1 Å². The summed E-state index contributed by atoms with van der Waals surface area (Å²) in [6, 6.07) is 7.47. The van der Waals surface area contributed by atoms with Crippen molar-refractivity contribution in [3.63, 3.8) is 0 Å². The maximum absolute atomic E-state index is 12.5. The Bertz CT molecular complexity index is 793. The minimum Gasteiger partial charge on any atom is -0.456 e. The molecule has 5 nitrogen and oxygen atoms in total. The number of amides is 1. The fraction of sp³-hybridized carbons (Fsp3) is 0.654. The van der Waals surface area contributed by atoms with Gasteiger partial charge in [-0.05, 0) is 79.6 Å². The van der Waals surface area contributed by atoms with Crippen molar-refractivity contribution in [2.45, 2.75) is 71.1 Å². The molecule has 0 heterocycles. The van der Waals surface area contributed by atoms with Gasteiger partial charge in [-0.25, -0.2) is 0 Å². The Kier molecular flexibility index (Phi) is 6.49. The smallest absolute Gasteiger partial charge is 0.325 e. The molecule has 1 amide bonds. The summed E-state index contributed by atoms with van der Waals surface area (Å²) >= 11 is 0. The zero-order valence-corrected chi connectivity index (χ0v) is 18.8. The van der Waals surface area contributed by atoms with Gasteiger partial charge in [0.2, 0.25) is 5.91 Å². The summed E-state index contributed by atoms with van der Waals surface area (Å²) in [6.07, 6.45) is 9.11. The van der Waals surface area contributed by atoms with Gasteiger partial charge in [0.15, 0.2) is 12.4 Å². The molecule has 1 aromatic rings. The molecular weight excluding hydrogens is 390 g/mol. The first-order valence-corrected chi connectivity index (χ1v) is 11.9. The lowest BCUT2D eigenvalue weighted by molar-refractivity contribution is -0.143. The molecule has 0 aliphatic heterocycles. The van der Waals surface area contributed by atoms with Crippen molar-refractivity contribution < 1.29 is 19.1 Å². The molecule has 1 aromatic carbocycles. The summed E-state index contributed by atoms with van der Waals surface area (Å²) < 4.78 is 5.10. The number of hydrogen-bond acceptors (Lipinski definition) is 4. The van der Waals surface area contributed by atoms with Crippen LogP contribution in [0.2, 0.25) is 0 Å². The molecule has 4 fully saturated rings. The van der Waals surface area contributed by atoms with Crippen LogP contribution in [-0.4, -0.2) is 30.8 Å². The van der Waals surface area contributed by atoms with E-state index in [1.165, 1.54) is 44.1 Å².